The molecule has 1 heterocycles. The van der Waals surface area contributed by atoms with Gasteiger partial charge >= 0.3 is 0 Å². The first-order valence-corrected chi connectivity index (χ1v) is 7.31. The molecule has 0 aliphatic rings. The number of rotatable bonds is 7. The number of aliphatic hydroxyl groups is 1. The predicted octanol–water partition coefficient (Wildman–Crippen LogP) is 3.39. The molecule has 0 spiro atoms. The number of nitrogens with zero attached hydrogens (tertiary/aromatic N) is 2. The Bertz CT molecular complexity index is 336. The van der Waals surface area contributed by atoms with Crippen LogP contribution in [0, 0.1) is 0 Å². The smallest absolute Gasteiger partial charge is 0.185 e. The lowest BCUT2D eigenvalue weighted by molar-refractivity contribution is 0.283. The Morgan fingerprint density at radius 3 is 2.47 bits per heavy atom. The largest absolute Gasteiger partial charge is 0.391 e. The standard InChI is InChI=1S/C13H24N2OS/c1-5-7-8-15(6-2)13-14-12(10(3)4)11(9-16)17-13/h10,16H,5-9H2,1-4H3. The third kappa shape index (κ3) is 3.68. The molecule has 0 unspecified atom stereocenters. The van der Waals surface area contributed by atoms with Crippen LogP contribution in [0.15, 0.2) is 0 Å². The van der Waals surface area contributed by atoms with Crippen LogP contribution in [-0.2, 0) is 6.61 Å². The van der Waals surface area contributed by atoms with Crippen molar-refractivity contribution in [2.45, 2.75) is 53.1 Å². The van der Waals surface area contributed by atoms with Gasteiger partial charge in [-0.2, -0.15) is 0 Å². The second-order valence-corrected chi connectivity index (χ2v) is 5.61. The molecule has 0 bridgehead atoms. The molecule has 0 aliphatic heterocycles. The van der Waals surface area contributed by atoms with E-state index in [1.807, 2.05) is 0 Å². The Morgan fingerprint density at radius 1 is 1.35 bits per heavy atom. The minimum Gasteiger partial charge on any atom is -0.391 e. The number of aromatic nitrogens is 1. The zero-order valence-corrected chi connectivity index (χ0v) is 12.2. The van der Waals surface area contributed by atoms with Gasteiger partial charge in [0.25, 0.3) is 0 Å². The van der Waals surface area contributed by atoms with E-state index in [9.17, 15) is 5.11 Å². The SMILES string of the molecule is CCCCN(CC)c1nc(C(C)C)c(CO)s1. The third-order valence-corrected chi connectivity index (χ3v) is 3.96. The fraction of sp³-hybridized carbons (Fsp3) is 0.769. The van der Waals surface area contributed by atoms with E-state index in [1.165, 1.54) is 12.8 Å². The maximum Gasteiger partial charge on any atom is 0.185 e. The summed E-state index contributed by atoms with van der Waals surface area (Å²) in [4.78, 5) is 8.01. The molecule has 0 radical (unpaired) electrons. The van der Waals surface area contributed by atoms with Crippen LogP contribution in [0.5, 0.6) is 0 Å². The van der Waals surface area contributed by atoms with Crippen LogP contribution in [0.3, 0.4) is 0 Å². The molecule has 0 amide bonds. The van der Waals surface area contributed by atoms with Gasteiger partial charge in [-0.25, -0.2) is 4.98 Å². The number of aliphatic hydroxyl groups excluding tert-OH is 1. The minimum absolute atomic E-state index is 0.108. The molecule has 0 saturated heterocycles. The van der Waals surface area contributed by atoms with Crippen LogP contribution < -0.4 is 4.90 Å². The summed E-state index contributed by atoms with van der Waals surface area (Å²) < 4.78 is 0. The summed E-state index contributed by atoms with van der Waals surface area (Å²) in [5.74, 6) is 0.382. The Kier molecular flexibility index (Phi) is 5.92. The molecule has 4 heteroatoms. The Labute approximate surface area is 108 Å². The van der Waals surface area contributed by atoms with Gasteiger partial charge in [-0.1, -0.05) is 38.5 Å². The first kappa shape index (κ1) is 14.5. The van der Waals surface area contributed by atoms with Crippen molar-refractivity contribution in [3.63, 3.8) is 0 Å². The van der Waals surface area contributed by atoms with Gasteiger partial charge in [-0.05, 0) is 19.3 Å². The molecule has 1 rings (SSSR count). The van der Waals surface area contributed by atoms with Gasteiger partial charge < -0.3 is 10.0 Å². The lowest BCUT2D eigenvalue weighted by Gasteiger charge is -2.19. The monoisotopic (exact) mass is 256 g/mol. The normalized spacial score (nSPS) is 11.2. The average molecular weight is 256 g/mol. The van der Waals surface area contributed by atoms with Crippen molar-refractivity contribution in [2.24, 2.45) is 0 Å². The summed E-state index contributed by atoms with van der Waals surface area (Å²) in [6.07, 6.45) is 2.39. The maximum atomic E-state index is 9.36. The van der Waals surface area contributed by atoms with Gasteiger partial charge in [0.05, 0.1) is 17.2 Å². The number of hydrogen-bond donors (Lipinski definition) is 1. The zero-order valence-electron chi connectivity index (χ0n) is 11.4. The van der Waals surface area contributed by atoms with E-state index < -0.39 is 0 Å². The summed E-state index contributed by atoms with van der Waals surface area (Å²) in [6, 6.07) is 0. The van der Waals surface area contributed by atoms with E-state index in [1.54, 1.807) is 11.3 Å². The van der Waals surface area contributed by atoms with E-state index >= 15 is 0 Å². The van der Waals surface area contributed by atoms with Crippen molar-refractivity contribution < 1.29 is 5.11 Å². The summed E-state index contributed by atoms with van der Waals surface area (Å²) in [5, 5.41) is 10.4. The number of unbranched alkanes of at least 4 members (excludes halogenated alkanes) is 1. The Balaban J connectivity index is 2.88. The number of hydrogen-bond acceptors (Lipinski definition) is 4. The summed E-state index contributed by atoms with van der Waals surface area (Å²) in [7, 11) is 0. The topological polar surface area (TPSA) is 36.4 Å². The molecule has 98 valence electrons. The molecule has 3 nitrogen and oxygen atoms in total. The quantitative estimate of drug-likeness (QED) is 0.812. The molecule has 0 saturated carbocycles. The highest BCUT2D eigenvalue weighted by molar-refractivity contribution is 7.15. The highest BCUT2D eigenvalue weighted by atomic mass is 32.1. The van der Waals surface area contributed by atoms with Crippen molar-refractivity contribution in [3.8, 4) is 0 Å². The highest BCUT2D eigenvalue weighted by Gasteiger charge is 2.16. The average Bonchev–Trinajstić information content (AvgIpc) is 2.74. The number of anilines is 1. The lowest BCUT2D eigenvalue weighted by Crippen LogP contribution is -2.23. The summed E-state index contributed by atoms with van der Waals surface area (Å²) >= 11 is 1.64. The van der Waals surface area contributed by atoms with Gasteiger partial charge in [0.2, 0.25) is 0 Å². The zero-order chi connectivity index (χ0) is 12.8. The second kappa shape index (κ2) is 6.97. The fourth-order valence-corrected chi connectivity index (χ4v) is 2.95. The van der Waals surface area contributed by atoms with E-state index in [0.717, 1.165) is 28.8 Å². The molecule has 0 aromatic carbocycles. The first-order valence-electron chi connectivity index (χ1n) is 6.49. The van der Waals surface area contributed by atoms with Crippen LogP contribution in [0.4, 0.5) is 5.13 Å². The molecule has 0 atom stereocenters. The van der Waals surface area contributed by atoms with E-state index in [4.69, 9.17) is 0 Å². The molecule has 0 aliphatic carbocycles. The second-order valence-electron chi connectivity index (χ2n) is 4.55. The van der Waals surface area contributed by atoms with Crippen LogP contribution in [0.25, 0.3) is 0 Å². The van der Waals surface area contributed by atoms with Crippen molar-refractivity contribution in [3.05, 3.63) is 10.6 Å². The highest BCUT2D eigenvalue weighted by Crippen LogP contribution is 2.30. The molecular weight excluding hydrogens is 232 g/mol. The molecule has 17 heavy (non-hydrogen) atoms. The lowest BCUT2D eigenvalue weighted by atomic mass is 10.1. The van der Waals surface area contributed by atoms with Gasteiger partial charge in [0.1, 0.15) is 0 Å². The maximum absolute atomic E-state index is 9.36. The van der Waals surface area contributed by atoms with E-state index in [0.29, 0.717) is 5.92 Å². The summed E-state index contributed by atoms with van der Waals surface area (Å²) in [5.41, 5.74) is 1.06. The molecule has 1 aromatic rings. The summed E-state index contributed by atoms with van der Waals surface area (Å²) in [6.45, 7) is 10.8. The van der Waals surface area contributed by atoms with Crippen molar-refractivity contribution in [1.29, 1.82) is 0 Å². The predicted molar refractivity (Wildman–Crippen MR) is 74.9 cm³/mol. The Morgan fingerprint density at radius 2 is 2.06 bits per heavy atom. The van der Waals surface area contributed by atoms with Crippen molar-refractivity contribution >= 4 is 16.5 Å². The van der Waals surface area contributed by atoms with Gasteiger partial charge in [-0.15, -0.1) is 0 Å². The van der Waals surface area contributed by atoms with Crippen LogP contribution in [-0.4, -0.2) is 23.2 Å². The van der Waals surface area contributed by atoms with Crippen LogP contribution >= 0.6 is 11.3 Å². The minimum atomic E-state index is 0.108. The van der Waals surface area contributed by atoms with Crippen LogP contribution in [0.1, 0.15) is 57.0 Å². The molecular formula is C13H24N2OS. The number of thiazole rings is 1. The van der Waals surface area contributed by atoms with Gasteiger partial charge in [0, 0.05) is 13.1 Å². The van der Waals surface area contributed by atoms with Crippen molar-refractivity contribution in [1.82, 2.24) is 4.98 Å². The third-order valence-electron chi connectivity index (χ3n) is 2.84. The van der Waals surface area contributed by atoms with Crippen molar-refractivity contribution in [2.75, 3.05) is 18.0 Å². The molecule has 0 fully saturated rings. The Hall–Kier alpha value is -0.610. The van der Waals surface area contributed by atoms with Gasteiger partial charge in [-0.3, -0.25) is 0 Å². The fourth-order valence-electron chi connectivity index (χ4n) is 1.79. The van der Waals surface area contributed by atoms with Gasteiger partial charge in [0.15, 0.2) is 5.13 Å². The molecule has 1 N–H and O–H groups in total. The van der Waals surface area contributed by atoms with Crippen LogP contribution in [0.2, 0.25) is 0 Å². The van der Waals surface area contributed by atoms with E-state index in [2.05, 4.69) is 37.6 Å². The first-order chi connectivity index (χ1) is 8.13. The molecule has 1 aromatic heterocycles. The van der Waals surface area contributed by atoms with E-state index in [-0.39, 0.29) is 6.61 Å².